The van der Waals surface area contributed by atoms with Gasteiger partial charge < -0.3 is 22.9 Å². The first kappa shape index (κ1) is 21.6. The van der Waals surface area contributed by atoms with Crippen molar-refractivity contribution in [3.63, 3.8) is 0 Å². The Balaban J connectivity index is 1.91. The number of anilines is 1. The van der Waals surface area contributed by atoms with Crippen LogP contribution in [0, 0.1) is 0 Å². The molecule has 32 heavy (non-hydrogen) atoms. The summed E-state index contributed by atoms with van der Waals surface area (Å²) in [5.74, 6) is 0. The van der Waals surface area contributed by atoms with Crippen LogP contribution in [0.25, 0.3) is 5.57 Å². The third kappa shape index (κ3) is 5.17. The van der Waals surface area contributed by atoms with Gasteiger partial charge in [0.15, 0.2) is 0 Å². The normalized spacial score (nSPS) is 16.1. The Kier molecular flexibility index (Phi) is 6.26. The molecule has 3 aromatic carbocycles. The zero-order valence-electron chi connectivity index (χ0n) is 18.2. The Bertz CT molecular complexity index is 1160. The summed E-state index contributed by atoms with van der Waals surface area (Å²) < 4.78 is 0. The lowest BCUT2D eigenvalue weighted by Crippen LogP contribution is -2.49. The Morgan fingerprint density at radius 2 is 1.22 bits per heavy atom. The Labute approximate surface area is 189 Å². The van der Waals surface area contributed by atoms with E-state index in [-0.39, 0.29) is 0 Å². The first-order valence-corrected chi connectivity index (χ1v) is 10.8. The van der Waals surface area contributed by atoms with Crippen LogP contribution >= 0.6 is 0 Å². The number of hydrogen-bond donors (Lipinski definition) is 4. The molecule has 0 aliphatic heterocycles. The maximum Gasteiger partial charge on any atom is 0.0887 e. The highest BCUT2D eigenvalue weighted by Crippen LogP contribution is 2.34. The van der Waals surface area contributed by atoms with Gasteiger partial charge in [0.05, 0.1) is 5.66 Å². The molecule has 4 rings (SSSR count). The summed E-state index contributed by atoms with van der Waals surface area (Å²) >= 11 is 0. The zero-order chi connectivity index (χ0) is 22.6. The Morgan fingerprint density at radius 1 is 0.688 bits per heavy atom. The average molecular weight is 423 g/mol. The van der Waals surface area contributed by atoms with Gasteiger partial charge in [-0.05, 0) is 64.5 Å². The largest absolute Gasteiger partial charge is 0.401 e. The quantitative estimate of drug-likeness (QED) is 0.351. The van der Waals surface area contributed by atoms with Gasteiger partial charge in [-0.25, -0.2) is 0 Å². The fourth-order valence-electron chi connectivity index (χ4n) is 4.16. The van der Waals surface area contributed by atoms with Gasteiger partial charge in [-0.2, -0.15) is 0 Å². The number of allylic oxidation sites excluding steroid dienone is 4. The Hall–Kier alpha value is -3.60. The third-order valence-electron chi connectivity index (χ3n) is 5.80. The van der Waals surface area contributed by atoms with E-state index in [1.165, 1.54) is 22.3 Å². The van der Waals surface area contributed by atoms with Crippen molar-refractivity contribution < 1.29 is 0 Å². The van der Waals surface area contributed by atoms with E-state index < -0.39 is 5.66 Å². The minimum absolute atomic E-state index is 0.414. The van der Waals surface area contributed by atoms with E-state index in [0.717, 1.165) is 29.7 Å². The smallest absolute Gasteiger partial charge is 0.0887 e. The molecular formula is C28H30N4. The number of benzene rings is 3. The molecule has 0 saturated heterocycles. The molecule has 0 heterocycles. The maximum absolute atomic E-state index is 6.56. The lowest BCUT2D eigenvalue weighted by Gasteiger charge is -2.28. The molecule has 1 aliphatic rings. The van der Waals surface area contributed by atoms with Crippen LogP contribution in [0.3, 0.4) is 0 Å². The predicted octanol–water partition coefficient (Wildman–Crippen LogP) is 4.29. The Morgan fingerprint density at radius 3 is 1.75 bits per heavy atom. The van der Waals surface area contributed by atoms with E-state index in [0.29, 0.717) is 12.1 Å². The van der Waals surface area contributed by atoms with Crippen LogP contribution < -0.4 is 22.9 Å². The van der Waals surface area contributed by atoms with E-state index in [4.69, 9.17) is 22.9 Å². The van der Waals surface area contributed by atoms with E-state index in [1.54, 1.807) is 0 Å². The van der Waals surface area contributed by atoms with Crippen molar-refractivity contribution in [2.24, 2.45) is 17.2 Å². The summed E-state index contributed by atoms with van der Waals surface area (Å²) in [7, 11) is 0. The minimum Gasteiger partial charge on any atom is -0.401 e. The second-order valence-electron chi connectivity index (χ2n) is 8.47. The van der Waals surface area contributed by atoms with Gasteiger partial charge in [-0.15, -0.1) is 0 Å². The molecule has 0 aromatic heterocycles. The number of hydrogen-bond acceptors (Lipinski definition) is 4. The van der Waals surface area contributed by atoms with Crippen molar-refractivity contribution in [2.45, 2.75) is 24.9 Å². The fourth-order valence-corrected chi connectivity index (χ4v) is 4.16. The van der Waals surface area contributed by atoms with Crippen molar-refractivity contribution in [2.75, 3.05) is 5.73 Å². The standard InChI is InChI=1S/C28H30N4/c29-23-13-11-22(12-14-23)25(17-20-7-3-1-4-8-20)26(18-21-9-5-2-6-10-21)24-15-16-28(31,32)19-27(24)30/h1-16H,17-19,29-32H2. The molecule has 8 N–H and O–H groups in total. The highest BCUT2D eigenvalue weighted by Gasteiger charge is 2.25. The van der Waals surface area contributed by atoms with Crippen LogP contribution in [0.1, 0.15) is 23.1 Å². The summed E-state index contributed by atoms with van der Waals surface area (Å²) in [4.78, 5) is 0. The molecular weight excluding hydrogens is 392 g/mol. The van der Waals surface area contributed by atoms with Crippen molar-refractivity contribution in [3.8, 4) is 0 Å². The van der Waals surface area contributed by atoms with Crippen LogP contribution in [-0.2, 0) is 12.8 Å². The summed E-state index contributed by atoms with van der Waals surface area (Å²) in [5.41, 5.74) is 32.4. The predicted molar refractivity (Wildman–Crippen MR) is 134 cm³/mol. The minimum atomic E-state index is -0.924. The van der Waals surface area contributed by atoms with E-state index >= 15 is 0 Å². The van der Waals surface area contributed by atoms with Crippen molar-refractivity contribution in [1.29, 1.82) is 0 Å². The highest BCUT2D eigenvalue weighted by atomic mass is 15.0. The molecule has 3 aromatic rings. The summed E-state index contributed by atoms with van der Waals surface area (Å²) in [6, 6.07) is 29.0. The number of rotatable bonds is 6. The molecule has 0 spiro atoms. The van der Waals surface area contributed by atoms with E-state index in [2.05, 4.69) is 60.7 Å². The highest BCUT2D eigenvalue weighted by molar-refractivity contribution is 5.77. The maximum atomic E-state index is 6.56. The van der Waals surface area contributed by atoms with Gasteiger partial charge >= 0.3 is 0 Å². The topological polar surface area (TPSA) is 104 Å². The lowest BCUT2D eigenvalue weighted by molar-refractivity contribution is 0.536. The molecule has 0 amide bonds. The van der Waals surface area contributed by atoms with Crippen LogP contribution in [-0.4, -0.2) is 5.66 Å². The monoisotopic (exact) mass is 422 g/mol. The van der Waals surface area contributed by atoms with Crippen molar-refractivity contribution in [3.05, 3.63) is 131 Å². The van der Waals surface area contributed by atoms with Gasteiger partial charge in [0.25, 0.3) is 0 Å². The molecule has 162 valence electrons. The van der Waals surface area contributed by atoms with Gasteiger partial charge in [-0.3, -0.25) is 0 Å². The average Bonchev–Trinajstić information content (AvgIpc) is 2.78. The van der Waals surface area contributed by atoms with Crippen LogP contribution in [0.4, 0.5) is 5.69 Å². The van der Waals surface area contributed by atoms with Gasteiger partial charge in [0, 0.05) is 17.8 Å². The van der Waals surface area contributed by atoms with Crippen molar-refractivity contribution in [1.82, 2.24) is 0 Å². The first-order chi connectivity index (χ1) is 15.4. The summed E-state index contributed by atoms with van der Waals surface area (Å²) in [6.45, 7) is 0. The van der Waals surface area contributed by atoms with Crippen molar-refractivity contribution >= 4 is 11.3 Å². The van der Waals surface area contributed by atoms with Gasteiger partial charge in [0.2, 0.25) is 0 Å². The van der Waals surface area contributed by atoms with Gasteiger partial charge in [-0.1, -0.05) is 78.9 Å². The molecule has 0 bridgehead atoms. The molecule has 4 nitrogen and oxygen atoms in total. The van der Waals surface area contributed by atoms with Crippen LogP contribution in [0.5, 0.6) is 0 Å². The molecule has 0 unspecified atom stereocenters. The molecule has 0 radical (unpaired) electrons. The third-order valence-corrected chi connectivity index (χ3v) is 5.80. The van der Waals surface area contributed by atoms with E-state index in [1.807, 2.05) is 36.4 Å². The second kappa shape index (κ2) is 9.27. The number of nitrogen functional groups attached to an aromatic ring is 1. The second-order valence-corrected chi connectivity index (χ2v) is 8.47. The molecule has 0 fully saturated rings. The zero-order valence-corrected chi connectivity index (χ0v) is 18.2. The van der Waals surface area contributed by atoms with Crippen LogP contribution in [0.2, 0.25) is 0 Å². The summed E-state index contributed by atoms with van der Waals surface area (Å²) in [6.07, 6.45) is 5.77. The van der Waals surface area contributed by atoms with Gasteiger partial charge in [0.1, 0.15) is 0 Å². The molecule has 4 heteroatoms. The lowest BCUT2D eigenvalue weighted by atomic mass is 9.82. The molecule has 1 aliphatic carbocycles. The van der Waals surface area contributed by atoms with E-state index in [9.17, 15) is 0 Å². The number of nitrogens with two attached hydrogens (primary N) is 4. The molecule has 0 saturated carbocycles. The summed E-state index contributed by atoms with van der Waals surface area (Å²) in [5, 5.41) is 0. The first-order valence-electron chi connectivity index (χ1n) is 10.8. The SMILES string of the molecule is NC1=C(C(Cc2ccccc2)=C(Cc2ccccc2)c2ccc(N)cc2)C=CC(N)(N)C1. The fraction of sp³-hybridized carbons (Fsp3) is 0.143. The van der Waals surface area contributed by atoms with Crippen LogP contribution in [0.15, 0.2) is 114 Å². The molecule has 0 atom stereocenters.